The van der Waals surface area contributed by atoms with E-state index in [0.29, 0.717) is 0 Å². The Bertz CT molecular complexity index is 444. The third-order valence-corrected chi connectivity index (χ3v) is 4.38. The first-order valence-corrected chi connectivity index (χ1v) is 6.60. The van der Waals surface area contributed by atoms with Crippen LogP contribution in [0.4, 0.5) is 5.69 Å². The van der Waals surface area contributed by atoms with Crippen LogP contribution in [0.2, 0.25) is 0 Å². The molecule has 1 amide bonds. The van der Waals surface area contributed by atoms with Crippen LogP contribution in [0.1, 0.15) is 19.3 Å². The standard InChI is InChI=1S/C15H19NO2/c1-16(13-3-5-14(18-2)6-4-13)15(17)12-8-10-7-11(10)9-12/h3-6,10-12H,7-9H2,1-2H3. The van der Waals surface area contributed by atoms with Gasteiger partial charge in [0.1, 0.15) is 5.75 Å². The molecule has 18 heavy (non-hydrogen) atoms. The van der Waals surface area contributed by atoms with E-state index in [1.165, 1.54) is 6.42 Å². The molecule has 1 aromatic rings. The Labute approximate surface area is 108 Å². The molecule has 1 aromatic carbocycles. The van der Waals surface area contributed by atoms with Crippen molar-refractivity contribution in [3.05, 3.63) is 24.3 Å². The monoisotopic (exact) mass is 245 g/mol. The van der Waals surface area contributed by atoms with Crippen LogP contribution in [0.3, 0.4) is 0 Å². The molecule has 2 atom stereocenters. The quantitative estimate of drug-likeness (QED) is 0.819. The van der Waals surface area contributed by atoms with Crippen molar-refractivity contribution in [2.75, 3.05) is 19.1 Å². The third-order valence-electron chi connectivity index (χ3n) is 4.38. The zero-order valence-corrected chi connectivity index (χ0v) is 10.9. The molecule has 2 saturated carbocycles. The summed E-state index contributed by atoms with van der Waals surface area (Å²) in [5, 5.41) is 0. The van der Waals surface area contributed by atoms with E-state index < -0.39 is 0 Å². The molecule has 0 radical (unpaired) electrons. The van der Waals surface area contributed by atoms with E-state index in [9.17, 15) is 4.79 Å². The summed E-state index contributed by atoms with van der Waals surface area (Å²) >= 11 is 0. The molecule has 2 unspecified atom stereocenters. The van der Waals surface area contributed by atoms with E-state index in [1.807, 2.05) is 31.3 Å². The lowest BCUT2D eigenvalue weighted by Gasteiger charge is -2.22. The van der Waals surface area contributed by atoms with Crippen molar-refractivity contribution in [1.29, 1.82) is 0 Å². The molecule has 3 nitrogen and oxygen atoms in total. The fourth-order valence-electron chi connectivity index (χ4n) is 3.12. The van der Waals surface area contributed by atoms with Gasteiger partial charge < -0.3 is 9.64 Å². The maximum atomic E-state index is 12.4. The Morgan fingerprint density at radius 1 is 1.17 bits per heavy atom. The molecule has 2 aliphatic rings. The van der Waals surface area contributed by atoms with Crippen LogP contribution in [-0.2, 0) is 4.79 Å². The molecule has 2 fully saturated rings. The van der Waals surface area contributed by atoms with Crippen LogP contribution >= 0.6 is 0 Å². The Balaban J connectivity index is 1.68. The molecule has 0 spiro atoms. The van der Waals surface area contributed by atoms with Crippen LogP contribution in [0.15, 0.2) is 24.3 Å². The second-order valence-electron chi connectivity index (χ2n) is 5.52. The lowest BCUT2D eigenvalue weighted by molar-refractivity contribution is -0.122. The van der Waals surface area contributed by atoms with Crippen LogP contribution < -0.4 is 9.64 Å². The van der Waals surface area contributed by atoms with Gasteiger partial charge >= 0.3 is 0 Å². The minimum Gasteiger partial charge on any atom is -0.497 e. The smallest absolute Gasteiger partial charge is 0.229 e. The summed E-state index contributed by atoms with van der Waals surface area (Å²) in [5.41, 5.74) is 0.946. The van der Waals surface area contributed by atoms with Gasteiger partial charge in [0, 0.05) is 18.7 Å². The largest absolute Gasteiger partial charge is 0.497 e. The fourth-order valence-corrected chi connectivity index (χ4v) is 3.12. The van der Waals surface area contributed by atoms with Crippen LogP contribution in [-0.4, -0.2) is 20.1 Å². The van der Waals surface area contributed by atoms with Crippen molar-refractivity contribution >= 4 is 11.6 Å². The summed E-state index contributed by atoms with van der Waals surface area (Å²) in [6.45, 7) is 0. The number of ether oxygens (including phenoxy) is 1. The van der Waals surface area contributed by atoms with Gasteiger partial charge in [0.25, 0.3) is 0 Å². The number of methoxy groups -OCH3 is 1. The van der Waals surface area contributed by atoms with Gasteiger partial charge in [-0.15, -0.1) is 0 Å². The molecular formula is C15H19NO2. The van der Waals surface area contributed by atoms with Crippen LogP contribution in [0, 0.1) is 17.8 Å². The minimum atomic E-state index is 0.251. The van der Waals surface area contributed by atoms with Crippen LogP contribution in [0.25, 0.3) is 0 Å². The first-order chi connectivity index (χ1) is 8.69. The molecule has 2 aliphatic carbocycles. The van der Waals surface area contributed by atoms with E-state index in [-0.39, 0.29) is 11.8 Å². The highest BCUT2D eigenvalue weighted by molar-refractivity contribution is 5.94. The summed E-state index contributed by atoms with van der Waals surface area (Å²) in [6.07, 6.45) is 3.56. The molecule has 96 valence electrons. The summed E-state index contributed by atoms with van der Waals surface area (Å²) in [6, 6.07) is 7.66. The van der Waals surface area contributed by atoms with E-state index >= 15 is 0 Å². The van der Waals surface area contributed by atoms with Crippen molar-refractivity contribution in [1.82, 2.24) is 0 Å². The zero-order valence-electron chi connectivity index (χ0n) is 10.9. The summed E-state index contributed by atoms with van der Waals surface area (Å²) in [5.74, 6) is 3.04. The number of fused-ring (bicyclic) bond motifs is 1. The van der Waals surface area contributed by atoms with Gasteiger partial charge in [0.2, 0.25) is 5.91 Å². The highest BCUT2D eigenvalue weighted by Gasteiger charge is 2.48. The predicted octanol–water partition coefficient (Wildman–Crippen LogP) is 2.70. The molecule has 0 saturated heterocycles. The van der Waals surface area contributed by atoms with Crippen molar-refractivity contribution in [2.45, 2.75) is 19.3 Å². The van der Waals surface area contributed by atoms with Crippen molar-refractivity contribution in [3.63, 3.8) is 0 Å². The second kappa shape index (κ2) is 4.30. The van der Waals surface area contributed by atoms with Crippen molar-refractivity contribution in [2.24, 2.45) is 17.8 Å². The summed E-state index contributed by atoms with van der Waals surface area (Å²) in [4.78, 5) is 14.1. The van der Waals surface area contributed by atoms with Gasteiger partial charge in [-0.1, -0.05) is 0 Å². The third kappa shape index (κ3) is 1.98. The normalized spacial score (nSPS) is 28.7. The Hall–Kier alpha value is -1.51. The predicted molar refractivity (Wildman–Crippen MR) is 70.7 cm³/mol. The van der Waals surface area contributed by atoms with Crippen molar-refractivity contribution < 1.29 is 9.53 Å². The fraction of sp³-hybridized carbons (Fsp3) is 0.533. The number of anilines is 1. The van der Waals surface area contributed by atoms with Gasteiger partial charge in [0.05, 0.1) is 7.11 Å². The van der Waals surface area contributed by atoms with Gasteiger partial charge in [-0.3, -0.25) is 4.79 Å². The molecular weight excluding hydrogens is 226 g/mol. The molecule has 0 heterocycles. The lowest BCUT2D eigenvalue weighted by Crippen LogP contribution is -2.32. The highest BCUT2D eigenvalue weighted by Crippen LogP contribution is 2.54. The lowest BCUT2D eigenvalue weighted by atomic mass is 10.0. The molecule has 0 aromatic heterocycles. The average Bonchev–Trinajstić information content (AvgIpc) is 3.03. The number of hydrogen-bond donors (Lipinski definition) is 0. The van der Waals surface area contributed by atoms with Crippen LogP contribution in [0.5, 0.6) is 5.75 Å². The van der Waals surface area contributed by atoms with E-state index in [2.05, 4.69) is 0 Å². The average molecular weight is 245 g/mol. The minimum absolute atomic E-state index is 0.251. The number of amides is 1. The first-order valence-electron chi connectivity index (χ1n) is 6.60. The first kappa shape index (κ1) is 11.6. The molecule has 0 N–H and O–H groups in total. The zero-order chi connectivity index (χ0) is 12.7. The molecule has 3 rings (SSSR count). The second-order valence-corrected chi connectivity index (χ2v) is 5.52. The number of hydrogen-bond acceptors (Lipinski definition) is 2. The number of rotatable bonds is 3. The molecule has 3 heteroatoms. The van der Waals surface area contributed by atoms with E-state index in [4.69, 9.17) is 4.74 Å². The number of benzene rings is 1. The molecule has 0 bridgehead atoms. The highest BCUT2D eigenvalue weighted by atomic mass is 16.5. The number of carbonyl (C=O) groups is 1. The number of nitrogens with zero attached hydrogens (tertiary/aromatic N) is 1. The Morgan fingerprint density at radius 3 is 2.33 bits per heavy atom. The van der Waals surface area contributed by atoms with Gasteiger partial charge in [0.15, 0.2) is 0 Å². The Kier molecular flexibility index (Phi) is 2.77. The summed E-state index contributed by atoms with van der Waals surface area (Å²) < 4.78 is 5.13. The maximum absolute atomic E-state index is 12.4. The maximum Gasteiger partial charge on any atom is 0.229 e. The Morgan fingerprint density at radius 2 is 1.78 bits per heavy atom. The SMILES string of the molecule is COc1ccc(N(C)C(=O)C2CC3CC3C2)cc1. The molecule has 0 aliphatic heterocycles. The number of carbonyl (C=O) groups excluding carboxylic acids is 1. The van der Waals surface area contributed by atoms with Gasteiger partial charge in [-0.25, -0.2) is 0 Å². The summed E-state index contributed by atoms with van der Waals surface area (Å²) in [7, 11) is 3.52. The van der Waals surface area contributed by atoms with E-state index in [0.717, 1.165) is 36.1 Å². The topological polar surface area (TPSA) is 29.5 Å². The van der Waals surface area contributed by atoms with Gasteiger partial charge in [-0.05, 0) is 55.4 Å². The van der Waals surface area contributed by atoms with Crippen molar-refractivity contribution in [3.8, 4) is 5.75 Å². The van der Waals surface area contributed by atoms with E-state index in [1.54, 1.807) is 12.0 Å². The van der Waals surface area contributed by atoms with Gasteiger partial charge in [-0.2, -0.15) is 0 Å².